The van der Waals surface area contributed by atoms with Crippen LogP contribution in [0.15, 0.2) is 24.3 Å². The molecule has 12 heavy (non-hydrogen) atoms. The molecule has 0 unspecified atom stereocenters. The Balaban J connectivity index is 2.82. The van der Waals surface area contributed by atoms with Gasteiger partial charge in [0.1, 0.15) is 5.82 Å². The summed E-state index contributed by atoms with van der Waals surface area (Å²) in [5.41, 5.74) is 6.86. The maximum absolute atomic E-state index is 12.5. The first-order valence-electron chi connectivity index (χ1n) is 4.12. The molecule has 0 aromatic heterocycles. The van der Waals surface area contributed by atoms with Gasteiger partial charge in [0.25, 0.3) is 0 Å². The zero-order chi connectivity index (χ0) is 9.14. The first-order chi connectivity index (χ1) is 5.61. The molecule has 2 heteroatoms. The number of benzene rings is 1. The van der Waals surface area contributed by atoms with Gasteiger partial charge in [-0.05, 0) is 23.6 Å². The van der Waals surface area contributed by atoms with Crippen LogP contribution >= 0.6 is 0 Å². The fourth-order valence-corrected chi connectivity index (χ4v) is 1.07. The van der Waals surface area contributed by atoms with Gasteiger partial charge in [-0.25, -0.2) is 4.39 Å². The van der Waals surface area contributed by atoms with Crippen molar-refractivity contribution >= 4 is 0 Å². The van der Waals surface area contributed by atoms with E-state index in [9.17, 15) is 4.39 Å². The van der Waals surface area contributed by atoms with E-state index in [-0.39, 0.29) is 11.9 Å². The fourth-order valence-electron chi connectivity index (χ4n) is 1.07. The molecule has 1 atom stereocenters. The predicted molar refractivity (Wildman–Crippen MR) is 48.2 cm³/mol. The Hall–Kier alpha value is -0.890. The molecule has 1 aromatic carbocycles. The van der Waals surface area contributed by atoms with Crippen LogP contribution in [0.25, 0.3) is 0 Å². The maximum Gasteiger partial charge on any atom is 0.123 e. The lowest BCUT2D eigenvalue weighted by Crippen LogP contribution is -2.16. The molecule has 66 valence electrons. The van der Waals surface area contributed by atoms with Crippen molar-refractivity contribution in [1.29, 1.82) is 0 Å². The molecule has 1 rings (SSSR count). The zero-order valence-corrected chi connectivity index (χ0v) is 7.42. The summed E-state index contributed by atoms with van der Waals surface area (Å²) in [6, 6.07) is 6.36. The summed E-state index contributed by atoms with van der Waals surface area (Å²) in [4.78, 5) is 0. The first-order valence-corrected chi connectivity index (χ1v) is 4.12. The molecule has 0 heterocycles. The summed E-state index contributed by atoms with van der Waals surface area (Å²) < 4.78 is 12.5. The SMILES string of the molecule is CC(C)[C@@H](N)c1ccc(F)cc1. The van der Waals surface area contributed by atoms with Crippen LogP contribution in [0.4, 0.5) is 4.39 Å². The molecule has 0 saturated carbocycles. The molecular weight excluding hydrogens is 153 g/mol. The summed E-state index contributed by atoms with van der Waals surface area (Å²) in [7, 11) is 0. The largest absolute Gasteiger partial charge is 0.324 e. The summed E-state index contributed by atoms with van der Waals surface area (Å²) in [5.74, 6) is 0.171. The third-order valence-electron chi connectivity index (χ3n) is 1.97. The van der Waals surface area contributed by atoms with Gasteiger partial charge in [0.05, 0.1) is 0 Å². The van der Waals surface area contributed by atoms with E-state index in [1.165, 1.54) is 12.1 Å². The van der Waals surface area contributed by atoms with Gasteiger partial charge in [-0.15, -0.1) is 0 Å². The van der Waals surface area contributed by atoms with Gasteiger partial charge in [0.15, 0.2) is 0 Å². The quantitative estimate of drug-likeness (QED) is 0.719. The Morgan fingerprint density at radius 1 is 1.17 bits per heavy atom. The van der Waals surface area contributed by atoms with Gasteiger partial charge in [-0.3, -0.25) is 0 Å². The van der Waals surface area contributed by atoms with Crippen LogP contribution in [0.2, 0.25) is 0 Å². The lowest BCUT2D eigenvalue weighted by atomic mass is 9.97. The second-order valence-electron chi connectivity index (χ2n) is 3.32. The lowest BCUT2D eigenvalue weighted by Gasteiger charge is -2.15. The van der Waals surface area contributed by atoms with Gasteiger partial charge < -0.3 is 5.73 Å². The highest BCUT2D eigenvalue weighted by Gasteiger charge is 2.09. The summed E-state index contributed by atoms with van der Waals surface area (Å²) in [6.07, 6.45) is 0. The van der Waals surface area contributed by atoms with E-state index in [1.807, 2.05) is 13.8 Å². The number of hydrogen-bond donors (Lipinski definition) is 1. The van der Waals surface area contributed by atoms with Crippen molar-refractivity contribution in [2.24, 2.45) is 11.7 Å². The summed E-state index contributed by atoms with van der Waals surface area (Å²) in [5, 5.41) is 0. The minimum absolute atomic E-state index is 0.00519. The third-order valence-corrected chi connectivity index (χ3v) is 1.97. The highest BCUT2D eigenvalue weighted by Crippen LogP contribution is 2.18. The molecule has 0 radical (unpaired) electrons. The van der Waals surface area contributed by atoms with Gasteiger partial charge in [-0.2, -0.15) is 0 Å². The van der Waals surface area contributed by atoms with E-state index in [0.717, 1.165) is 5.56 Å². The zero-order valence-electron chi connectivity index (χ0n) is 7.42. The maximum atomic E-state index is 12.5. The average molecular weight is 167 g/mol. The highest BCUT2D eigenvalue weighted by molar-refractivity contribution is 5.19. The van der Waals surface area contributed by atoms with Crippen LogP contribution in [-0.2, 0) is 0 Å². The van der Waals surface area contributed by atoms with Crippen molar-refractivity contribution < 1.29 is 4.39 Å². The first kappa shape index (κ1) is 9.20. The summed E-state index contributed by atoms with van der Waals surface area (Å²) >= 11 is 0. The van der Waals surface area contributed by atoms with Crippen molar-refractivity contribution in [3.63, 3.8) is 0 Å². The minimum Gasteiger partial charge on any atom is -0.324 e. The number of nitrogens with two attached hydrogens (primary N) is 1. The normalized spacial score (nSPS) is 13.4. The van der Waals surface area contributed by atoms with Crippen LogP contribution in [0.3, 0.4) is 0 Å². The predicted octanol–water partition coefficient (Wildman–Crippen LogP) is 2.48. The van der Waals surface area contributed by atoms with Crippen LogP contribution < -0.4 is 5.73 Å². The third kappa shape index (κ3) is 2.05. The van der Waals surface area contributed by atoms with Crippen molar-refractivity contribution in [3.05, 3.63) is 35.6 Å². The molecule has 0 aliphatic rings. The van der Waals surface area contributed by atoms with E-state index < -0.39 is 0 Å². The lowest BCUT2D eigenvalue weighted by molar-refractivity contribution is 0.513. The molecule has 2 N–H and O–H groups in total. The van der Waals surface area contributed by atoms with E-state index >= 15 is 0 Å². The molecule has 0 aliphatic carbocycles. The molecule has 1 nitrogen and oxygen atoms in total. The number of halogens is 1. The Bertz CT molecular complexity index is 241. The van der Waals surface area contributed by atoms with Crippen molar-refractivity contribution in [3.8, 4) is 0 Å². The Kier molecular flexibility index (Phi) is 2.82. The standard InChI is InChI=1S/C10H14FN/c1-7(2)10(12)8-3-5-9(11)6-4-8/h3-7,10H,12H2,1-2H3/t10-/m1/s1. The van der Waals surface area contributed by atoms with Gasteiger partial charge in [0.2, 0.25) is 0 Å². The highest BCUT2D eigenvalue weighted by atomic mass is 19.1. The van der Waals surface area contributed by atoms with Crippen molar-refractivity contribution in [2.75, 3.05) is 0 Å². The average Bonchev–Trinajstić information content (AvgIpc) is 2.04. The van der Waals surface area contributed by atoms with Crippen LogP contribution in [0.5, 0.6) is 0 Å². The molecule has 0 aliphatic heterocycles. The Morgan fingerprint density at radius 2 is 1.67 bits per heavy atom. The molecule has 0 saturated heterocycles. The van der Waals surface area contributed by atoms with Gasteiger partial charge in [0, 0.05) is 6.04 Å². The smallest absolute Gasteiger partial charge is 0.123 e. The van der Waals surface area contributed by atoms with Crippen LogP contribution in [-0.4, -0.2) is 0 Å². The van der Waals surface area contributed by atoms with E-state index in [0.29, 0.717) is 5.92 Å². The molecule has 0 amide bonds. The van der Waals surface area contributed by atoms with E-state index in [1.54, 1.807) is 12.1 Å². The molecule has 0 fully saturated rings. The van der Waals surface area contributed by atoms with Crippen LogP contribution in [0, 0.1) is 11.7 Å². The minimum atomic E-state index is -0.213. The van der Waals surface area contributed by atoms with Crippen molar-refractivity contribution in [1.82, 2.24) is 0 Å². The molecular formula is C10H14FN. The second kappa shape index (κ2) is 3.68. The fraction of sp³-hybridized carbons (Fsp3) is 0.400. The summed E-state index contributed by atoms with van der Waals surface area (Å²) in [6.45, 7) is 4.10. The number of hydrogen-bond acceptors (Lipinski definition) is 1. The van der Waals surface area contributed by atoms with Gasteiger partial charge in [-0.1, -0.05) is 26.0 Å². The van der Waals surface area contributed by atoms with E-state index in [4.69, 9.17) is 5.73 Å². The Morgan fingerprint density at radius 3 is 2.08 bits per heavy atom. The topological polar surface area (TPSA) is 26.0 Å². The van der Waals surface area contributed by atoms with Crippen molar-refractivity contribution in [2.45, 2.75) is 19.9 Å². The molecule has 1 aromatic rings. The van der Waals surface area contributed by atoms with Gasteiger partial charge >= 0.3 is 0 Å². The van der Waals surface area contributed by atoms with Crippen LogP contribution in [0.1, 0.15) is 25.5 Å². The van der Waals surface area contributed by atoms with E-state index in [2.05, 4.69) is 0 Å². The Labute approximate surface area is 72.4 Å². The second-order valence-corrected chi connectivity index (χ2v) is 3.32. The monoisotopic (exact) mass is 167 g/mol. The molecule has 0 spiro atoms. The molecule has 0 bridgehead atoms. The number of rotatable bonds is 2.